The summed E-state index contributed by atoms with van der Waals surface area (Å²) in [5.41, 5.74) is 3.38. The Morgan fingerprint density at radius 3 is 2.48 bits per heavy atom. The van der Waals surface area contributed by atoms with Crippen LogP contribution in [0.3, 0.4) is 0 Å². The molecule has 0 atom stereocenters. The van der Waals surface area contributed by atoms with Crippen molar-refractivity contribution in [3.05, 3.63) is 63.9 Å². The number of rotatable bonds is 7. The van der Waals surface area contributed by atoms with Gasteiger partial charge in [0.2, 0.25) is 0 Å². The average molecular weight is 347 g/mol. The van der Waals surface area contributed by atoms with Crippen molar-refractivity contribution in [3.8, 4) is 0 Å². The molecule has 0 unspecified atom stereocenters. The molecule has 0 saturated heterocycles. The second kappa shape index (κ2) is 7.16. The summed E-state index contributed by atoms with van der Waals surface area (Å²) in [6.07, 6.45) is 4.57. The molecule has 1 aromatic heterocycles. The Balaban J connectivity index is 1.43. The van der Waals surface area contributed by atoms with Crippen molar-refractivity contribution < 1.29 is 4.74 Å². The summed E-state index contributed by atoms with van der Waals surface area (Å²) in [5, 5.41) is 3.49. The molecule has 0 radical (unpaired) electrons. The van der Waals surface area contributed by atoms with E-state index in [1.807, 2.05) is 24.4 Å². The van der Waals surface area contributed by atoms with Gasteiger partial charge in [0, 0.05) is 23.3 Å². The molecule has 1 N–H and O–H groups in total. The molecule has 1 fully saturated rings. The van der Waals surface area contributed by atoms with E-state index in [1.54, 1.807) is 0 Å². The topological polar surface area (TPSA) is 34.1 Å². The van der Waals surface area contributed by atoms with Crippen LogP contribution in [0.25, 0.3) is 0 Å². The maximum Gasteiger partial charge on any atom is 0.0892 e. The van der Waals surface area contributed by atoms with E-state index in [4.69, 9.17) is 4.74 Å². The van der Waals surface area contributed by atoms with Gasteiger partial charge in [0.15, 0.2) is 0 Å². The molecule has 1 heterocycles. The van der Waals surface area contributed by atoms with Crippen LogP contribution in [-0.2, 0) is 24.5 Å². The Hall–Kier alpha value is -1.23. The van der Waals surface area contributed by atoms with Crippen molar-refractivity contribution >= 4 is 15.9 Å². The minimum absolute atomic E-state index is 0.548. The number of nitrogens with one attached hydrogen (secondary N) is 1. The van der Waals surface area contributed by atoms with Crippen LogP contribution in [0.15, 0.2) is 47.1 Å². The highest BCUT2D eigenvalue weighted by molar-refractivity contribution is 9.10. The van der Waals surface area contributed by atoms with Gasteiger partial charge in [0.25, 0.3) is 0 Å². The molecule has 0 bridgehead atoms. The maximum absolute atomic E-state index is 5.70. The molecule has 1 aliphatic carbocycles. The summed E-state index contributed by atoms with van der Waals surface area (Å²) in [6, 6.07) is 13.1. The summed E-state index contributed by atoms with van der Waals surface area (Å²) < 4.78 is 6.79. The van der Waals surface area contributed by atoms with Crippen molar-refractivity contribution in [2.24, 2.45) is 0 Å². The third kappa shape index (κ3) is 4.92. The van der Waals surface area contributed by atoms with Crippen LogP contribution in [-0.4, -0.2) is 11.0 Å². The first-order chi connectivity index (χ1) is 10.3. The third-order valence-electron chi connectivity index (χ3n) is 3.49. The highest BCUT2D eigenvalue weighted by atomic mass is 79.9. The largest absolute Gasteiger partial charge is 0.370 e. The fraction of sp³-hybridized carbons (Fsp3) is 0.353. The number of nitrogens with zero attached hydrogens (tertiary/aromatic N) is 1. The van der Waals surface area contributed by atoms with Crippen LogP contribution in [0.2, 0.25) is 0 Å². The van der Waals surface area contributed by atoms with E-state index in [2.05, 4.69) is 44.4 Å². The molecular weight excluding hydrogens is 328 g/mol. The van der Waals surface area contributed by atoms with Gasteiger partial charge in [0.05, 0.1) is 18.9 Å². The molecule has 0 spiro atoms. The van der Waals surface area contributed by atoms with E-state index in [0.717, 1.165) is 22.8 Å². The van der Waals surface area contributed by atoms with Crippen LogP contribution < -0.4 is 5.32 Å². The van der Waals surface area contributed by atoms with Crippen molar-refractivity contribution in [2.45, 2.75) is 38.6 Å². The lowest BCUT2D eigenvalue weighted by Crippen LogP contribution is -2.15. The Morgan fingerprint density at radius 1 is 1.05 bits per heavy atom. The first kappa shape index (κ1) is 14.7. The van der Waals surface area contributed by atoms with E-state index in [0.29, 0.717) is 13.2 Å². The Kier molecular flexibility index (Phi) is 5.01. The van der Waals surface area contributed by atoms with Crippen LogP contribution in [0.1, 0.15) is 29.7 Å². The number of pyridine rings is 1. The van der Waals surface area contributed by atoms with Gasteiger partial charge in [0.1, 0.15) is 0 Å². The lowest BCUT2D eigenvalue weighted by molar-refractivity contribution is 0.104. The van der Waals surface area contributed by atoms with Crippen LogP contribution >= 0.6 is 15.9 Å². The molecule has 0 aliphatic heterocycles. The minimum atomic E-state index is 0.548. The van der Waals surface area contributed by atoms with E-state index in [9.17, 15) is 0 Å². The maximum atomic E-state index is 5.70. The summed E-state index contributed by atoms with van der Waals surface area (Å²) >= 11 is 3.43. The summed E-state index contributed by atoms with van der Waals surface area (Å²) in [7, 11) is 0. The fourth-order valence-corrected chi connectivity index (χ4v) is 2.31. The van der Waals surface area contributed by atoms with E-state index < -0.39 is 0 Å². The molecule has 3 nitrogen and oxygen atoms in total. The third-order valence-corrected chi connectivity index (χ3v) is 4.02. The van der Waals surface area contributed by atoms with Gasteiger partial charge in [-0.15, -0.1) is 0 Å². The molecule has 110 valence electrons. The SMILES string of the molecule is Brc1ccc(COCc2ccc(CNC3CC3)cn2)cc1. The molecule has 2 aromatic rings. The number of halogens is 1. The van der Waals surface area contributed by atoms with Gasteiger partial charge in [-0.1, -0.05) is 34.1 Å². The molecule has 1 aromatic carbocycles. The zero-order valence-electron chi connectivity index (χ0n) is 11.9. The second-order valence-electron chi connectivity index (χ2n) is 5.43. The fourth-order valence-electron chi connectivity index (χ4n) is 2.05. The summed E-state index contributed by atoms with van der Waals surface area (Å²) in [6.45, 7) is 2.07. The molecule has 1 aliphatic rings. The molecule has 4 heteroatoms. The van der Waals surface area contributed by atoms with Crippen molar-refractivity contribution in [1.82, 2.24) is 10.3 Å². The van der Waals surface area contributed by atoms with Gasteiger partial charge in [-0.2, -0.15) is 0 Å². The first-order valence-corrected chi connectivity index (χ1v) is 8.08. The number of hydrogen-bond acceptors (Lipinski definition) is 3. The highest BCUT2D eigenvalue weighted by Gasteiger charge is 2.19. The first-order valence-electron chi connectivity index (χ1n) is 7.29. The van der Waals surface area contributed by atoms with E-state index >= 15 is 0 Å². The zero-order chi connectivity index (χ0) is 14.5. The van der Waals surface area contributed by atoms with Crippen LogP contribution in [0.4, 0.5) is 0 Å². The zero-order valence-corrected chi connectivity index (χ0v) is 13.5. The second-order valence-corrected chi connectivity index (χ2v) is 6.35. The lowest BCUT2D eigenvalue weighted by Gasteiger charge is -2.06. The molecular formula is C17H19BrN2O. The quantitative estimate of drug-likeness (QED) is 0.827. The number of aromatic nitrogens is 1. The molecule has 3 rings (SSSR count). The monoisotopic (exact) mass is 346 g/mol. The smallest absolute Gasteiger partial charge is 0.0892 e. The van der Waals surface area contributed by atoms with Crippen molar-refractivity contribution in [3.63, 3.8) is 0 Å². The van der Waals surface area contributed by atoms with Gasteiger partial charge in [-0.3, -0.25) is 4.98 Å². The van der Waals surface area contributed by atoms with Gasteiger partial charge < -0.3 is 10.1 Å². The minimum Gasteiger partial charge on any atom is -0.370 e. The predicted octanol–water partition coefficient (Wildman–Crippen LogP) is 3.81. The Morgan fingerprint density at radius 2 is 1.81 bits per heavy atom. The molecule has 1 saturated carbocycles. The van der Waals surface area contributed by atoms with E-state index in [-0.39, 0.29) is 0 Å². The van der Waals surface area contributed by atoms with E-state index in [1.165, 1.54) is 24.0 Å². The number of ether oxygens (including phenoxy) is 1. The molecule has 0 amide bonds. The van der Waals surface area contributed by atoms with Crippen LogP contribution in [0, 0.1) is 0 Å². The number of benzene rings is 1. The predicted molar refractivity (Wildman–Crippen MR) is 86.7 cm³/mol. The van der Waals surface area contributed by atoms with Crippen molar-refractivity contribution in [1.29, 1.82) is 0 Å². The Bertz CT molecular complexity index is 564. The Labute approximate surface area is 133 Å². The highest BCUT2D eigenvalue weighted by Crippen LogP contribution is 2.19. The summed E-state index contributed by atoms with van der Waals surface area (Å²) in [4.78, 5) is 4.45. The average Bonchev–Trinajstić information content (AvgIpc) is 3.33. The van der Waals surface area contributed by atoms with Gasteiger partial charge in [-0.05, 0) is 42.2 Å². The van der Waals surface area contributed by atoms with Crippen molar-refractivity contribution in [2.75, 3.05) is 0 Å². The van der Waals surface area contributed by atoms with Crippen LogP contribution in [0.5, 0.6) is 0 Å². The van der Waals surface area contributed by atoms with Gasteiger partial charge in [-0.25, -0.2) is 0 Å². The lowest BCUT2D eigenvalue weighted by atomic mass is 10.2. The standard InChI is InChI=1S/C17H19BrN2O/c18-15-4-1-13(2-5-15)11-21-12-17-6-3-14(10-20-17)9-19-16-7-8-16/h1-6,10,16,19H,7-9,11-12H2. The van der Waals surface area contributed by atoms with Gasteiger partial charge >= 0.3 is 0 Å². The summed E-state index contributed by atoms with van der Waals surface area (Å²) in [5.74, 6) is 0. The molecule has 21 heavy (non-hydrogen) atoms. The normalized spacial score (nSPS) is 14.3. The number of hydrogen-bond donors (Lipinski definition) is 1.